The van der Waals surface area contributed by atoms with Gasteiger partial charge in [0.1, 0.15) is 6.04 Å². The number of rotatable bonds is 19. The Hall–Kier alpha value is -2.32. The number of nitrogens with zero attached hydrogens (tertiary/aromatic N) is 2. The highest BCUT2D eigenvalue weighted by molar-refractivity contribution is 5.86. The Labute approximate surface area is 192 Å². The van der Waals surface area contributed by atoms with Gasteiger partial charge in [-0.1, -0.05) is 58.3 Å². The minimum atomic E-state index is -1.28. The number of nitrogens with two attached hydrogens (primary N) is 2. The fraction of sp³-hybridized carbons (Fsp3) is 0.826. The van der Waals surface area contributed by atoms with Gasteiger partial charge in [0, 0.05) is 19.5 Å². The molecule has 0 aromatic rings. The van der Waals surface area contributed by atoms with Crippen LogP contribution in [-0.4, -0.2) is 59.0 Å². The molecule has 9 nitrogen and oxygen atoms in total. The quantitative estimate of drug-likeness (QED) is 0.117. The van der Waals surface area contributed by atoms with E-state index in [1.807, 2.05) is 0 Å². The van der Waals surface area contributed by atoms with E-state index in [-0.39, 0.29) is 11.9 Å². The number of likely N-dealkylation sites (N-methyl/N-ethyl adjacent to an activating group) is 1. The van der Waals surface area contributed by atoms with Gasteiger partial charge in [0.15, 0.2) is 12.1 Å². The number of guanidine groups is 1. The Morgan fingerprint density at radius 3 is 2.00 bits per heavy atom. The average Bonchev–Trinajstić information content (AvgIpc) is 2.74. The maximum absolute atomic E-state index is 12.8. The summed E-state index contributed by atoms with van der Waals surface area (Å²) in [6.07, 6.45) is 10.2. The van der Waals surface area contributed by atoms with E-state index in [4.69, 9.17) is 21.3 Å². The third-order valence-corrected chi connectivity index (χ3v) is 5.37. The molecule has 1 amide bonds. The highest BCUT2D eigenvalue weighted by Gasteiger charge is 2.31. The monoisotopic (exact) mass is 456 g/mol. The Bertz CT molecular complexity index is 579. The van der Waals surface area contributed by atoms with Gasteiger partial charge >= 0.3 is 11.9 Å². The first-order valence-electron chi connectivity index (χ1n) is 12.0. The smallest absolute Gasteiger partial charge is 0.344 e. The minimum Gasteiger partial charge on any atom is -0.479 e. The number of unbranched alkanes of at least 4 members (excludes halogenated alkanes) is 8. The van der Waals surface area contributed by atoms with Crippen molar-refractivity contribution in [1.82, 2.24) is 4.90 Å². The van der Waals surface area contributed by atoms with Gasteiger partial charge in [-0.15, -0.1) is 0 Å². The summed E-state index contributed by atoms with van der Waals surface area (Å²) in [7, 11) is 0. The first kappa shape index (κ1) is 29.7. The molecule has 0 aromatic heterocycles. The number of ether oxygens (including phenoxy) is 1. The molecule has 0 radical (unpaired) electrons. The Morgan fingerprint density at radius 2 is 1.50 bits per heavy atom. The molecule has 2 atom stereocenters. The summed E-state index contributed by atoms with van der Waals surface area (Å²) in [5.41, 5.74) is 10.7. The predicted molar refractivity (Wildman–Crippen MR) is 126 cm³/mol. The van der Waals surface area contributed by atoms with Crippen LogP contribution in [0.4, 0.5) is 0 Å². The molecule has 1 unspecified atom stereocenters. The number of esters is 1. The lowest BCUT2D eigenvalue weighted by atomic mass is 10.1. The van der Waals surface area contributed by atoms with Crippen LogP contribution in [0, 0.1) is 0 Å². The molecule has 0 aliphatic heterocycles. The lowest BCUT2D eigenvalue weighted by molar-refractivity contribution is -0.168. The molecule has 32 heavy (non-hydrogen) atoms. The molecule has 0 heterocycles. The molecule has 186 valence electrons. The van der Waals surface area contributed by atoms with Crippen molar-refractivity contribution in [2.45, 2.75) is 110 Å². The number of aliphatic carboxylic acids is 1. The van der Waals surface area contributed by atoms with Crippen LogP contribution < -0.4 is 11.5 Å². The van der Waals surface area contributed by atoms with Gasteiger partial charge in [-0.25, -0.2) is 9.59 Å². The molecule has 5 N–H and O–H groups in total. The minimum absolute atomic E-state index is 0.0441. The molecular formula is C23H44N4O5. The van der Waals surface area contributed by atoms with Crippen LogP contribution in [0.2, 0.25) is 0 Å². The fourth-order valence-electron chi connectivity index (χ4n) is 3.50. The summed E-state index contributed by atoms with van der Waals surface area (Å²) < 4.78 is 5.07. The van der Waals surface area contributed by atoms with Gasteiger partial charge < -0.3 is 26.2 Å². The van der Waals surface area contributed by atoms with Crippen LogP contribution in [0.15, 0.2) is 4.99 Å². The maximum atomic E-state index is 12.8. The summed E-state index contributed by atoms with van der Waals surface area (Å²) in [6, 6.07) is -0.859. The Kier molecular flexibility index (Phi) is 16.9. The van der Waals surface area contributed by atoms with Gasteiger partial charge in [-0.3, -0.25) is 9.79 Å². The van der Waals surface area contributed by atoms with Gasteiger partial charge in [0.05, 0.1) is 0 Å². The molecular weight excluding hydrogens is 412 g/mol. The highest BCUT2D eigenvalue weighted by Crippen LogP contribution is 2.16. The van der Waals surface area contributed by atoms with Crippen molar-refractivity contribution in [2.75, 3.05) is 13.1 Å². The number of aliphatic imine (C=N–C) groups is 1. The topological polar surface area (TPSA) is 148 Å². The van der Waals surface area contributed by atoms with Gasteiger partial charge in [0.25, 0.3) is 0 Å². The molecule has 0 bridgehead atoms. The number of carboxylic acid groups (broad SMARTS) is 1. The van der Waals surface area contributed by atoms with E-state index in [9.17, 15) is 14.4 Å². The normalized spacial score (nSPS) is 12.6. The fourth-order valence-corrected chi connectivity index (χ4v) is 3.50. The first-order valence-corrected chi connectivity index (χ1v) is 12.0. The summed E-state index contributed by atoms with van der Waals surface area (Å²) >= 11 is 0. The second-order valence-electron chi connectivity index (χ2n) is 8.14. The van der Waals surface area contributed by atoms with E-state index in [1.54, 1.807) is 6.92 Å². The number of hydrogen-bond acceptors (Lipinski definition) is 5. The van der Waals surface area contributed by atoms with Crippen molar-refractivity contribution in [1.29, 1.82) is 0 Å². The molecule has 0 spiro atoms. The second-order valence-corrected chi connectivity index (χ2v) is 8.14. The summed E-state index contributed by atoms with van der Waals surface area (Å²) in [5, 5.41) is 9.04. The molecule has 0 aromatic carbocycles. The van der Waals surface area contributed by atoms with Gasteiger partial charge in [-0.2, -0.15) is 0 Å². The van der Waals surface area contributed by atoms with Gasteiger partial charge in [0.2, 0.25) is 5.91 Å². The molecule has 0 aliphatic carbocycles. The summed E-state index contributed by atoms with van der Waals surface area (Å²) in [6.45, 7) is 5.93. The zero-order chi connectivity index (χ0) is 24.4. The van der Waals surface area contributed by atoms with Crippen molar-refractivity contribution in [3.8, 4) is 0 Å². The van der Waals surface area contributed by atoms with Crippen molar-refractivity contribution >= 4 is 23.8 Å². The lowest BCUT2D eigenvalue weighted by Gasteiger charge is -2.30. The van der Waals surface area contributed by atoms with E-state index in [0.29, 0.717) is 32.4 Å². The van der Waals surface area contributed by atoms with Crippen LogP contribution in [0.3, 0.4) is 0 Å². The van der Waals surface area contributed by atoms with Crippen LogP contribution >= 0.6 is 0 Å². The lowest BCUT2D eigenvalue weighted by Crippen LogP contribution is -2.47. The van der Waals surface area contributed by atoms with E-state index in [2.05, 4.69) is 11.9 Å². The van der Waals surface area contributed by atoms with Crippen LogP contribution in [0.25, 0.3) is 0 Å². The largest absolute Gasteiger partial charge is 0.479 e. The van der Waals surface area contributed by atoms with Gasteiger partial charge in [-0.05, 0) is 33.1 Å². The Morgan fingerprint density at radius 1 is 0.938 bits per heavy atom. The standard InChI is InChI=1S/C23H44N4O5/c1-4-6-7-8-9-10-11-12-13-16-20(28)27(5-2)19(15-14-17-26-23(24)25)22(31)32-18(3)21(29)30/h18-19H,4-17H2,1-3H3,(H,29,30)(H4,24,25,26)/t18?,19-/m0/s1. The second kappa shape index (κ2) is 18.3. The van der Waals surface area contributed by atoms with E-state index in [1.165, 1.54) is 50.3 Å². The van der Waals surface area contributed by atoms with E-state index >= 15 is 0 Å². The maximum Gasteiger partial charge on any atom is 0.344 e. The number of carboxylic acids is 1. The van der Waals surface area contributed by atoms with E-state index in [0.717, 1.165) is 19.3 Å². The van der Waals surface area contributed by atoms with Crippen molar-refractivity contribution < 1.29 is 24.2 Å². The third kappa shape index (κ3) is 13.9. The highest BCUT2D eigenvalue weighted by atomic mass is 16.6. The van der Waals surface area contributed by atoms with Crippen LogP contribution in [0.1, 0.15) is 97.8 Å². The number of carbonyl (C=O) groups excluding carboxylic acids is 2. The molecule has 0 saturated heterocycles. The van der Waals surface area contributed by atoms with Crippen LogP contribution in [-0.2, 0) is 19.1 Å². The molecule has 0 aliphatic rings. The molecule has 0 rings (SSSR count). The first-order chi connectivity index (χ1) is 15.2. The summed E-state index contributed by atoms with van der Waals surface area (Å²) in [5.74, 6) is -2.12. The number of hydrogen-bond donors (Lipinski definition) is 3. The number of carbonyl (C=O) groups is 3. The van der Waals surface area contributed by atoms with Crippen LogP contribution in [0.5, 0.6) is 0 Å². The van der Waals surface area contributed by atoms with Crippen molar-refractivity contribution in [3.63, 3.8) is 0 Å². The third-order valence-electron chi connectivity index (χ3n) is 5.37. The zero-order valence-electron chi connectivity index (χ0n) is 20.2. The summed E-state index contributed by atoms with van der Waals surface area (Å²) in [4.78, 5) is 41.9. The Balaban J connectivity index is 4.73. The van der Waals surface area contributed by atoms with Crippen molar-refractivity contribution in [2.24, 2.45) is 16.5 Å². The molecule has 0 saturated carbocycles. The average molecular weight is 457 g/mol. The van der Waals surface area contributed by atoms with Crippen molar-refractivity contribution in [3.05, 3.63) is 0 Å². The molecule has 9 heteroatoms. The van der Waals surface area contributed by atoms with E-state index < -0.39 is 24.1 Å². The number of amides is 1. The molecule has 0 fully saturated rings. The SMILES string of the molecule is CCCCCCCCCCCC(=O)N(CC)[C@@H](CCCN=C(N)N)C(=O)OC(C)C(=O)O. The zero-order valence-corrected chi connectivity index (χ0v) is 20.2. The predicted octanol–water partition coefficient (Wildman–Crippen LogP) is 3.19.